The Bertz CT molecular complexity index is 539. The third-order valence-corrected chi connectivity index (χ3v) is 5.36. The molecule has 0 radical (unpaired) electrons. The number of hydrogen-bond acceptors (Lipinski definition) is 4. The summed E-state index contributed by atoms with van der Waals surface area (Å²) in [4.78, 5) is 0.132. The molecule has 6 heteroatoms. The van der Waals surface area contributed by atoms with E-state index in [2.05, 4.69) is 0 Å². The summed E-state index contributed by atoms with van der Waals surface area (Å²) >= 11 is 5.82. The molecule has 0 bridgehead atoms. The Morgan fingerprint density at radius 2 is 2.21 bits per heavy atom. The lowest BCUT2D eigenvalue weighted by atomic mass is 10.1. The molecule has 0 amide bonds. The van der Waals surface area contributed by atoms with Crippen molar-refractivity contribution in [2.45, 2.75) is 36.7 Å². The Balaban J connectivity index is 1.99. The van der Waals surface area contributed by atoms with E-state index in [1.165, 1.54) is 12.1 Å². The van der Waals surface area contributed by atoms with Crippen molar-refractivity contribution in [3.8, 4) is 0 Å². The summed E-state index contributed by atoms with van der Waals surface area (Å²) in [5.41, 5.74) is 5.96. The minimum atomic E-state index is -3.37. The SMILES string of the molecule is Nc1ccc(Cl)cc1S(=O)(=O)CCCC1CCCO1. The van der Waals surface area contributed by atoms with Crippen molar-refractivity contribution in [3.05, 3.63) is 23.2 Å². The molecule has 1 aliphatic heterocycles. The van der Waals surface area contributed by atoms with Gasteiger partial charge in [-0.25, -0.2) is 8.42 Å². The van der Waals surface area contributed by atoms with Gasteiger partial charge < -0.3 is 10.5 Å². The summed E-state index contributed by atoms with van der Waals surface area (Å²) in [5, 5.41) is 0.381. The van der Waals surface area contributed by atoms with Crippen LogP contribution in [0.4, 0.5) is 5.69 Å². The van der Waals surface area contributed by atoms with Crippen molar-refractivity contribution in [1.29, 1.82) is 0 Å². The van der Waals surface area contributed by atoms with Crippen molar-refractivity contribution >= 4 is 27.1 Å². The van der Waals surface area contributed by atoms with Gasteiger partial charge in [0.15, 0.2) is 9.84 Å². The highest BCUT2D eigenvalue weighted by atomic mass is 35.5. The van der Waals surface area contributed by atoms with E-state index in [4.69, 9.17) is 22.1 Å². The molecule has 0 saturated carbocycles. The second kappa shape index (κ2) is 6.11. The summed E-state index contributed by atoms with van der Waals surface area (Å²) in [6, 6.07) is 4.52. The number of rotatable bonds is 5. The second-order valence-electron chi connectivity index (χ2n) is 4.78. The Kier molecular flexibility index (Phi) is 4.71. The lowest BCUT2D eigenvalue weighted by Gasteiger charge is -2.10. The van der Waals surface area contributed by atoms with E-state index in [9.17, 15) is 8.42 Å². The number of nitrogen functional groups attached to an aromatic ring is 1. The summed E-state index contributed by atoms with van der Waals surface area (Å²) in [5.74, 6) is 0.0808. The third-order valence-electron chi connectivity index (χ3n) is 3.27. The number of anilines is 1. The maximum Gasteiger partial charge on any atom is 0.180 e. The first-order valence-electron chi connectivity index (χ1n) is 6.38. The van der Waals surface area contributed by atoms with E-state index >= 15 is 0 Å². The van der Waals surface area contributed by atoms with Gasteiger partial charge in [-0.05, 0) is 43.9 Å². The second-order valence-corrected chi connectivity index (χ2v) is 7.29. The van der Waals surface area contributed by atoms with Gasteiger partial charge in [0.05, 0.1) is 22.4 Å². The topological polar surface area (TPSA) is 69.4 Å². The van der Waals surface area contributed by atoms with Crippen molar-refractivity contribution in [2.75, 3.05) is 18.1 Å². The lowest BCUT2D eigenvalue weighted by Crippen LogP contribution is -2.12. The Morgan fingerprint density at radius 3 is 2.89 bits per heavy atom. The zero-order chi connectivity index (χ0) is 13.9. The van der Waals surface area contributed by atoms with Gasteiger partial charge in [0.25, 0.3) is 0 Å². The first kappa shape index (κ1) is 14.6. The first-order valence-corrected chi connectivity index (χ1v) is 8.41. The maximum absolute atomic E-state index is 12.2. The molecule has 2 N–H and O–H groups in total. The number of nitrogens with two attached hydrogens (primary N) is 1. The largest absolute Gasteiger partial charge is 0.398 e. The zero-order valence-corrected chi connectivity index (χ0v) is 12.2. The van der Waals surface area contributed by atoms with E-state index in [1.54, 1.807) is 6.07 Å². The van der Waals surface area contributed by atoms with Crippen molar-refractivity contribution < 1.29 is 13.2 Å². The molecule has 1 fully saturated rings. The summed E-state index contributed by atoms with van der Waals surface area (Å²) in [6.07, 6.45) is 3.67. The summed E-state index contributed by atoms with van der Waals surface area (Å²) in [7, 11) is -3.37. The van der Waals surface area contributed by atoms with Crippen LogP contribution in [0.15, 0.2) is 23.1 Å². The van der Waals surface area contributed by atoms with Crippen LogP contribution in [0.3, 0.4) is 0 Å². The summed E-state index contributed by atoms with van der Waals surface area (Å²) < 4.78 is 29.9. The van der Waals surface area contributed by atoms with Crippen LogP contribution in [-0.4, -0.2) is 26.9 Å². The van der Waals surface area contributed by atoms with Gasteiger partial charge in [-0.2, -0.15) is 0 Å². The van der Waals surface area contributed by atoms with E-state index in [0.29, 0.717) is 11.4 Å². The predicted molar refractivity (Wildman–Crippen MR) is 76.1 cm³/mol. The fourth-order valence-corrected chi connectivity index (χ4v) is 4.00. The average molecular weight is 304 g/mol. The third kappa shape index (κ3) is 3.84. The zero-order valence-electron chi connectivity index (χ0n) is 10.6. The van der Waals surface area contributed by atoms with Crippen LogP contribution in [0.2, 0.25) is 5.02 Å². The smallest absolute Gasteiger partial charge is 0.180 e. The van der Waals surface area contributed by atoms with Crippen molar-refractivity contribution in [3.63, 3.8) is 0 Å². The molecule has 1 atom stereocenters. The average Bonchev–Trinajstić information content (AvgIpc) is 2.85. The number of ether oxygens (including phenoxy) is 1. The number of hydrogen-bond donors (Lipinski definition) is 1. The standard InChI is InChI=1S/C13H18ClNO3S/c14-10-5-6-12(15)13(9-10)19(16,17)8-2-4-11-3-1-7-18-11/h5-6,9,11H,1-4,7-8,15H2. The fourth-order valence-electron chi connectivity index (χ4n) is 2.26. The molecule has 1 aromatic carbocycles. The van der Waals surface area contributed by atoms with Crippen LogP contribution >= 0.6 is 11.6 Å². The van der Waals surface area contributed by atoms with Crippen molar-refractivity contribution in [2.24, 2.45) is 0 Å². The number of halogens is 1. The minimum absolute atomic E-state index is 0.0808. The highest BCUT2D eigenvalue weighted by Crippen LogP contribution is 2.25. The molecule has 1 aliphatic rings. The van der Waals surface area contributed by atoms with Gasteiger partial charge in [-0.1, -0.05) is 11.6 Å². The van der Waals surface area contributed by atoms with Crippen molar-refractivity contribution in [1.82, 2.24) is 0 Å². The number of sulfone groups is 1. The Morgan fingerprint density at radius 1 is 1.42 bits per heavy atom. The lowest BCUT2D eigenvalue weighted by molar-refractivity contribution is 0.104. The molecule has 0 aliphatic carbocycles. The molecule has 19 heavy (non-hydrogen) atoms. The van der Waals surface area contributed by atoms with E-state index < -0.39 is 9.84 Å². The van der Waals surface area contributed by atoms with Gasteiger partial charge >= 0.3 is 0 Å². The van der Waals surface area contributed by atoms with E-state index in [-0.39, 0.29) is 22.4 Å². The van der Waals surface area contributed by atoms with Crippen LogP contribution in [0.1, 0.15) is 25.7 Å². The highest BCUT2D eigenvalue weighted by Gasteiger charge is 2.20. The quantitative estimate of drug-likeness (QED) is 0.849. The van der Waals surface area contributed by atoms with Gasteiger partial charge in [-0.3, -0.25) is 0 Å². The van der Waals surface area contributed by atoms with Gasteiger partial charge in [-0.15, -0.1) is 0 Å². The summed E-state index contributed by atoms with van der Waals surface area (Å²) in [6.45, 7) is 0.790. The Labute approximate surface area is 118 Å². The molecule has 1 unspecified atom stereocenters. The molecule has 0 spiro atoms. The van der Waals surface area contributed by atoms with Gasteiger partial charge in [0, 0.05) is 11.6 Å². The first-order chi connectivity index (χ1) is 8.99. The van der Waals surface area contributed by atoms with E-state index in [0.717, 1.165) is 25.9 Å². The van der Waals surface area contributed by atoms with E-state index in [1.807, 2.05) is 0 Å². The molecular weight excluding hydrogens is 286 g/mol. The van der Waals surface area contributed by atoms with Crippen LogP contribution in [-0.2, 0) is 14.6 Å². The monoisotopic (exact) mass is 303 g/mol. The predicted octanol–water partition coefficient (Wildman–Crippen LogP) is 2.66. The number of benzene rings is 1. The van der Waals surface area contributed by atoms with Gasteiger partial charge in [0.1, 0.15) is 0 Å². The van der Waals surface area contributed by atoms with Crippen LogP contribution < -0.4 is 5.73 Å². The molecule has 0 aromatic heterocycles. The highest BCUT2D eigenvalue weighted by molar-refractivity contribution is 7.91. The fraction of sp³-hybridized carbons (Fsp3) is 0.538. The maximum atomic E-state index is 12.2. The minimum Gasteiger partial charge on any atom is -0.398 e. The van der Waals surface area contributed by atoms with Crippen LogP contribution in [0.25, 0.3) is 0 Å². The van der Waals surface area contributed by atoms with Crippen LogP contribution in [0.5, 0.6) is 0 Å². The normalized spacial score (nSPS) is 19.7. The van der Waals surface area contributed by atoms with Crippen LogP contribution in [0, 0.1) is 0 Å². The molecule has 106 valence electrons. The molecular formula is C13H18ClNO3S. The Hall–Kier alpha value is -0.780. The molecule has 1 heterocycles. The molecule has 1 saturated heterocycles. The molecule has 1 aromatic rings. The molecule has 4 nitrogen and oxygen atoms in total. The molecule has 2 rings (SSSR count). The van der Waals surface area contributed by atoms with Gasteiger partial charge in [0.2, 0.25) is 0 Å².